The molecule has 3 N–H and O–H groups in total. The monoisotopic (exact) mass is 294 g/mol. The zero-order valence-electron chi connectivity index (χ0n) is 11.8. The molecule has 0 spiro atoms. The van der Waals surface area contributed by atoms with E-state index in [0.717, 1.165) is 11.4 Å². The zero-order chi connectivity index (χ0) is 14.0. The van der Waals surface area contributed by atoms with Gasteiger partial charge in [0.1, 0.15) is 0 Å². The maximum Gasteiger partial charge on any atom is 0.242 e. The molecular formula is C14H19ClN4O. The van der Waals surface area contributed by atoms with Crippen LogP contribution in [0.25, 0.3) is 5.69 Å². The summed E-state index contributed by atoms with van der Waals surface area (Å²) in [6.07, 6.45) is 0. The van der Waals surface area contributed by atoms with E-state index < -0.39 is 6.04 Å². The summed E-state index contributed by atoms with van der Waals surface area (Å²) in [6, 6.07) is 9.30. The van der Waals surface area contributed by atoms with Crippen molar-refractivity contribution < 1.29 is 4.79 Å². The Balaban J connectivity index is 0.00000200. The van der Waals surface area contributed by atoms with Crippen molar-refractivity contribution in [2.24, 2.45) is 5.73 Å². The second kappa shape index (κ2) is 6.54. The molecule has 1 aromatic carbocycles. The molecule has 0 fully saturated rings. The number of carbonyl (C=O) groups is 1. The number of aromatic nitrogens is 2. The Labute approximate surface area is 124 Å². The lowest BCUT2D eigenvalue weighted by Crippen LogP contribution is -2.32. The molecule has 0 aliphatic heterocycles. The quantitative estimate of drug-likeness (QED) is 0.911. The van der Waals surface area contributed by atoms with Crippen LogP contribution in [0.5, 0.6) is 0 Å². The number of benzene rings is 1. The van der Waals surface area contributed by atoms with Gasteiger partial charge in [-0.15, -0.1) is 17.5 Å². The van der Waals surface area contributed by atoms with E-state index in [0.29, 0.717) is 5.82 Å². The van der Waals surface area contributed by atoms with E-state index in [2.05, 4.69) is 10.4 Å². The van der Waals surface area contributed by atoms with Gasteiger partial charge in [-0.1, -0.05) is 17.7 Å². The Morgan fingerprint density at radius 3 is 2.45 bits per heavy atom. The minimum Gasteiger partial charge on any atom is -0.320 e. The number of hydrogen-bond acceptors (Lipinski definition) is 3. The molecule has 2 rings (SSSR count). The third-order valence-electron chi connectivity index (χ3n) is 2.83. The van der Waals surface area contributed by atoms with Crippen LogP contribution in [-0.4, -0.2) is 21.7 Å². The third-order valence-corrected chi connectivity index (χ3v) is 2.83. The molecule has 0 saturated heterocycles. The first kappa shape index (κ1) is 16.2. The van der Waals surface area contributed by atoms with Crippen LogP contribution in [0, 0.1) is 13.8 Å². The van der Waals surface area contributed by atoms with Gasteiger partial charge in [0.2, 0.25) is 5.91 Å². The largest absolute Gasteiger partial charge is 0.320 e. The smallest absolute Gasteiger partial charge is 0.242 e. The number of rotatable bonds is 3. The lowest BCUT2D eigenvalue weighted by Gasteiger charge is -2.05. The first-order chi connectivity index (χ1) is 8.97. The SMILES string of the molecule is Cc1ccc(-n2nc(NC(=O)C(C)N)cc2C)cc1.Cl. The Morgan fingerprint density at radius 2 is 1.90 bits per heavy atom. The predicted octanol–water partition coefficient (Wildman–Crippen LogP) is 2.20. The van der Waals surface area contributed by atoms with Gasteiger partial charge in [-0.3, -0.25) is 4.79 Å². The highest BCUT2D eigenvalue weighted by Gasteiger charge is 2.11. The lowest BCUT2D eigenvalue weighted by atomic mass is 10.2. The number of nitrogens with one attached hydrogen (secondary N) is 1. The Kier molecular flexibility index (Phi) is 5.30. The Hall–Kier alpha value is -1.85. The first-order valence-electron chi connectivity index (χ1n) is 6.17. The Morgan fingerprint density at radius 1 is 1.30 bits per heavy atom. The molecule has 0 saturated carbocycles. The topological polar surface area (TPSA) is 72.9 Å². The molecule has 1 amide bonds. The van der Waals surface area contributed by atoms with E-state index in [1.165, 1.54) is 5.56 Å². The number of halogens is 1. The highest BCUT2D eigenvalue weighted by Crippen LogP contribution is 2.15. The summed E-state index contributed by atoms with van der Waals surface area (Å²) < 4.78 is 1.79. The number of hydrogen-bond donors (Lipinski definition) is 2. The summed E-state index contributed by atoms with van der Waals surface area (Å²) in [5.74, 6) is 0.272. The predicted molar refractivity (Wildman–Crippen MR) is 82.6 cm³/mol. The lowest BCUT2D eigenvalue weighted by molar-refractivity contribution is -0.117. The molecule has 108 valence electrons. The van der Waals surface area contributed by atoms with Crippen molar-refractivity contribution in [3.8, 4) is 5.69 Å². The van der Waals surface area contributed by atoms with Gasteiger partial charge in [-0.2, -0.15) is 0 Å². The van der Waals surface area contributed by atoms with Crippen LogP contribution in [0.3, 0.4) is 0 Å². The summed E-state index contributed by atoms with van der Waals surface area (Å²) in [6.45, 7) is 5.61. The van der Waals surface area contributed by atoms with Crippen molar-refractivity contribution in [1.29, 1.82) is 0 Å². The van der Waals surface area contributed by atoms with E-state index in [-0.39, 0.29) is 18.3 Å². The van der Waals surface area contributed by atoms with Crippen LogP contribution < -0.4 is 11.1 Å². The molecule has 5 nitrogen and oxygen atoms in total. The van der Waals surface area contributed by atoms with E-state index in [1.807, 2.05) is 44.2 Å². The summed E-state index contributed by atoms with van der Waals surface area (Å²) in [5, 5.41) is 7.05. The van der Waals surface area contributed by atoms with Gasteiger partial charge in [-0.25, -0.2) is 4.68 Å². The second-order valence-corrected chi connectivity index (χ2v) is 4.70. The average Bonchev–Trinajstić information content (AvgIpc) is 2.71. The van der Waals surface area contributed by atoms with Gasteiger partial charge in [0, 0.05) is 11.8 Å². The molecule has 0 aliphatic rings. The van der Waals surface area contributed by atoms with E-state index in [1.54, 1.807) is 11.6 Å². The van der Waals surface area contributed by atoms with Gasteiger partial charge in [0.25, 0.3) is 0 Å². The first-order valence-corrected chi connectivity index (χ1v) is 6.17. The van der Waals surface area contributed by atoms with Crippen LogP contribution in [0.4, 0.5) is 5.82 Å². The zero-order valence-corrected chi connectivity index (χ0v) is 12.6. The highest BCUT2D eigenvalue weighted by molar-refractivity contribution is 5.93. The summed E-state index contributed by atoms with van der Waals surface area (Å²) >= 11 is 0. The van der Waals surface area contributed by atoms with Crippen LogP contribution in [0.2, 0.25) is 0 Å². The number of nitrogens with zero attached hydrogens (tertiary/aromatic N) is 2. The maximum absolute atomic E-state index is 11.5. The fourth-order valence-electron chi connectivity index (χ4n) is 1.72. The summed E-state index contributed by atoms with van der Waals surface area (Å²) in [7, 11) is 0. The molecule has 0 bridgehead atoms. The summed E-state index contributed by atoms with van der Waals surface area (Å²) in [5.41, 5.74) is 8.61. The van der Waals surface area contributed by atoms with Crippen LogP contribution in [0.1, 0.15) is 18.2 Å². The van der Waals surface area contributed by atoms with E-state index in [9.17, 15) is 4.79 Å². The number of amides is 1. The molecule has 1 aromatic heterocycles. The minimum atomic E-state index is -0.551. The van der Waals surface area contributed by atoms with Crippen molar-refractivity contribution in [2.75, 3.05) is 5.32 Å². The normalized spacial score (nSPS) is 11.6. The summed E-state index contributed by atoms with van der Waals surface area (Å²) in [4.78, 5) is 11.5. The second-order valence-electron chi connectivity index (χ2n) is 4.70. The van der Waals surface area contributed by atoms with Gasteiger partial charge in [0.15, 0.2) is 5.82 Å². The Bertz CT molecular complexity index is 590. The fourth-order valence-corrected chi connectivity index (χ4v) is 1.72. The number of carbonyl (C=O) groups excluding carboxylic acids is 1. The van der Waals surface area contributed by atoms with Crippen LogP contribution in [-0.2, 0) is 4.79 Å². The van der Waals surface area contributed by atoms with Gasteiger partial charge in [0.05, 0.1) is 11.7 Å². The third kappa shape index (κ3) is 3.59. The molecular weight excluding hydrogens is 276 g/mol. The maximum atomic E-state index is 11.5. The van der Waals surface area contributed by atoms with Crippen molar-refractivity contribution in [3.63, 3.8) is 0 Å². The molecule has 1 heterocycles. The van der Waals surface area contributed by atoms with Gasteiger partial charge < -0.3 is 11.1 Å². The molecule has 0 radical (unpaired) electrons. The van der Waals surface area contributed by atoms with Crippen LogP contribution in [0.15, 0.2) is 30.3 Å². The number of aryl methyl sites for hydroxylation is 2. The van der Waals surface area contributed by atoms with E-state index in [4.69, 9.17) is 5.73 Å². The average molecular weight is 295 g/mol. The molecule has 0 aliphatic carbocycles. The fraction of sp³-hybridized carbons (Fsp3) is 0.286. The standard InChI is InChI=1S/C14H18N4O.ClH/c1-9-4-6-12(7-5-9)18-10(2)8-13(17-18)16-14(19)11(3)15;/h4-8,11H,15H2,1-3H3,(H,16,17,19);1H. The van der Waals surface area contributed by atoms with Crippen molar-refractivity contribution >= 4 is 24.1 Å². The van der Waals surface area contributed by atoms with Crippen molar-refractivity contribution in [2.45, 2.75) is 26.8 Å². The number of anilines is 1. The minimum absolute atomic E-state index is 0. The molecule has 2 aromatic rings. The molecule has 6 heteroatoms. The van der Waals surface area contributed by atoms with Crippen molar-refractivity contribution in [3.05, 3.63) is 41.6 Å². The molecule has 1 unspecified atom stereocenters. The van der Waals surface area contributed by atoms with E-state index >= 15 is 0 Å². The molecule has 1 atom stereocenters. The van der Waals surface area contributed by atoms with Crippen molar-refractivity contribution in [1.82, 2.24) is 9.78 Å². The van der Waals surface area contributed by atoms with Crippen LogP contribution >= 0.6 is 12.4 Å². The van der Waals surface area contributed by atoms with Gasteiger partial charge >= 0.3 is 0 Å². The number of nitrogens with two attached hydrogens (primary N) is 1. The van der Waals surface area contributed by atoms with Gasteiger partial charge in [-0.05, 0) is 32.9 Å². The highest BCUT2D eigenvalue weighted by atomic mass is 35.5. The molecule has 20 heavy (non-hydrogen) atoms.